The number of rotatable bonds is 3. The molecule has 0 spiro atoms. The van der Waals surface area contributed by atoms with Gasteiger partial charge in [0, 0.05) is 6.54 Å². The third-order valence-electron chi connectivity index (χ3n) is 2.86. The monoisotopic (exact) mass is 180 g/mol. The van der Waals surface area contributed by atoms with Crippen LogP contribution in [0.4, 0.5) is 0 Å². The smallest absolute Gasteiger partial charge is 0.0949 e. The van der Waals surface area contributed by atoms with E-state index in [9.17, 15) is 0 Å². The van der Waals surface area contributed by atoms with Crippen molar-refractivity contribution in [1.82, 2.24) is 4.90 Å². The van der Waals surface area contributed by atoms with Gasteiger partial charge in [-0.3, -0.25) is 4.90 Å². The minimum Gasteiger partial charge on any atom is -0.288 e. The van der Waals surface area contributed by atoms with Crippen LogP contribution in [-0.4, -0.2) is 24.0 Å². The maximum atomic E-state index is 8.77. The van der Waals surface area contributed by atoms with E-state index in [-0.39, 0.29) is 6.04 Å². The maximum absolute atomic E-state index is 8.77. The van der Waals surface area contributed by atoms with Crippen LogP contribution in [0.2, 0.25) is 0 Å². The Morgan fingerprint density at radius 3 is 2.69 bits per heavy atom. The molecular formula is C11H20N2. The highest BCUT2D eigenvalue weighted by Crippen LogP contribution is 2.24. The highest BCUT2D eigenvalue weighted by Gasteiger charge is 2.25. The second-order valence-corrected chi connectivity index (χ2v) is 4.58. The highest BCUT2D eigenvalue weighted by atomic mass is 15.2. The van der Waals surface area contributed by atoms with E-state index in [1.807, 2.05) is 6.92 Å². The normalized spacial score (nSPS) is 26.2. The topological polar surface area (TPSA) is 27.0 Å². The predicted octanol–water partition coefficient (Wildman–Crippen LogP) is 2.27. The first-order valence-corrected chi connectivity index (χ1v) is 5.27. The minimum absolute atomic E-state index is 0.108. The standard InChI is InChI=1S/C11H20N2/c1-9(2)6-11-4-5-13(8-11)10(3)7-12/h9-11H,4-6,8H2,1-3H3. The van der Waals surface area contributed by atoms with Gasteiger partial charge in [-0.25, -0.2) is 0 Å². The van der Waals surface area contributed by atoms with E-state index < -0.39 is 0 Å². The van der Waals surface area contributed by atoms with Crippen LogP contribution in [0.15, 0.2) is 0 Å². The minimum atomic E-state index is 0.108. The molecular weight excluding hydrogens is 160 g/mol. The van der Waals surface area contributed by atoms with E-state index in [1.165, 1.54) is 12.8 Å². The van der Waals surface area contributed by atoms with Crippen molar-refractivity contribution in [3.8, 4) is 6.07 Å². The molecule has 1 aliphatic heterocycles. The number of likely N-dealkylation sites (tertiary alicyclic amines) is 1. The molecule has 2 heteroatoms. The quantitative estimate of drug-likeness (QED) is 0.666. The lowest BCUT2D eigenvalue weighted by atomic mass is 9.97. The van der Waals surface area contributed by atoms with Crippen LogP contribution < -0.4 is 0 Å². The Bertz CT molecular complexity index is 193. The van der Waals surface area contributed by atoms with E-state index in [0.29, 0.717) is 0 Å². The average Bonchev–Trinajstić information content (AvgIpc) is 2.50. The Hall–Kier alpha value is -0.550. The van der Waals surface area contributed by atoms with Gasteiger partial charge in [-0.2, -0.15) is 5.26 Å². The van der Waals surface area contributed by atoms with Crippen LogP contribution in [0.5, 0.6) is 0 Å². The third-order valence-corrected chi connectivity index (χ3v) is 2.86. The van der Waals surface area contributed by atoms with Gasteiger partial charge in [0.15, 0.2) is 0 Å². The lowest BCUT2D eigenvalue weighted by Crippen LogP contribution is -2.29. The predicted molar refractivity (Wildman–Crippen MR) is 54.2 cm³/mol. The molecule has 0 N–H and O–H groups in total. The fourth-order valence-corrected chi connectivity index (χ4v) is 2.16. The molecule has 13 heavy (non-hydrogen) atoms. The van der Waals surface area contributed by atoms with Gasteiger partial charge in [0.25, 0.3) is 0 Å². The first-order chi connectivity index (χ1) is 6.13. The van der Waals surface area contributed by atoms with Gasteiger partial charge in [-0.15, -0.1) is 0 Å². The molecule has 1 rings (SSSR count). The third kappa shape index (κ3) is 3.00. The second-order valence-electron chi connectivity index (χ2n) is 4.58. The molecule has 0 bridgehead atoms. The summed E-state index contributed by atoms with van der Waals surface area (Å²) in [7, 11) is 0. The van der Waals surface area contributed by atoms with Gasteiger partial charge in [0.05, 0.1) is 12.1 Å². The Morgan fingerprint density at radius 2 is 2.15 bits per heavy atom. The molecule has 2 unspecified atom stereocenters. The summed E-state index contributed by atoms with van der Waals surface area (Å²) >= 11 is 0. The van der Waals surface area contributed by atoms with Crippen LogP contribution in [0.25, 0.3) is 0 Å². The van der Waals surface area contributed by atoms with Crippen molar-refractivity contribution in [2.45, 2.75) is 39.7 Å². The Kier molecular flexibility index (Phi) is 3.74. The van der Waals surface area contributed by atoms with Gasteiger partial charge in [-0.05, 0) is 38.1 Å². The van der Waals surface area contributed by atoms with Crippen LogP contribution in [-0.2, 0) is 0 Å². The molecule has 0 aromatic carbocycles. The lowest BCUT2D eigenvalue weighted by Gasteiger charge is -2.18. The number of nitriles is 1. The van der Waals surface area contributed by atoms with Crippen molar-refractivity contribution >= 4 is 0 Å². The molecule has 0 aromatic rings. The Labute approximate surface area is 81.5 Å². The maximum Gasteiger partial charge on any atom is 0.0949 e. The van der Waals surface area contributed by atoms with Gasteiger partial charge >= 0.3 is 0 Å². The van der Waals surface area contributed by atoms with Gasteiger partial charge in [-0.1, -0.05) is 13.8 Å². The summed E-state index contributed by atoms with van der Waals surface area (Å²) in [4.78, 5) is 2.30. The number of hydrogen-bond acceptors (Lipinski definition) is 2. The molecule has 1 saturated heterocycles. The molecule has 74 valence electrons. The fourth-order valence-electron chi connectivity index (χ4n) is 2.16. The first-order valence-electron chi connectivity index (χ1n) is 5.27. The molecule has 1 heterocycles. The molecule has 2 atom stereocenters. The molecule has 1 aliphatic rings. The van der Waals surface area contributed by atoms with Crippen LogP contribution in [0.3, 0.4) is 0 Å². The van der Waals surface area contributed by atoms with E-state index in [1.54, 1.807) is 0 Å². The average molecular weight is 180 g/mol. The van der Waals surface area contributed by atoms with E-state index in [2.05, 4.69) is 24.8 Å². The largest absolute Gasteiger partial charge is 0.288 e. The second kappa shape index (κ2) is 4.62. The van der Waals surface area contributed by atoms with Crippen molar-refractivity contribution in [3.05, 3.63) is 0 Å². The molecule has 2 nitrogen and oxygen atoms in total. The van der Waals surface area contributed by atoms with Crippen molar-refractivity contribution in [2.24, 2.45) is 11.8 Å². The van der Waals surface area contributed by atoms with Gasteiger partial charge in [0.1, 0.15) is 0 Å². The summed E-state index contributed by atoms with van der Waals surface area (Å²) in [6, 6.07) is 2.42. The van der Waals surface area contributed by atoms with Crippen molar-refractivity contribution in [2.75, 3.05) is 13.1 Å². The summed E-state index contributed by atoms with van der Waals surface area (Å²) in [5.74, 6) is 1.62. The van der Waals surface area contributed by atoms with E-state index >= 15 is 0 Å². The molecule has 0 amide bonds. The molecule has 1 fully saturated rings. The van der Waals surface area contributed by atoms with Crippen LogP contribution in [0, 0.1) is 23.2 Å². The summed E-state index contributed by atoms with van der Waals surface area (Å²) in [5.41, 5.74) is 0. The summed E-state index contributed by atoms with van der Waals surface area (Å²) in [6.07, 6.45) is 2.60. The first kappa shape index (κ1) is 10.5. The SMILES string of the molecule is CC(C)CC1CCN(C(C)C#N)C1. The van der Waals surface area contributed by atoms with Crippen LogP contribution in [0.1, 0.15) is 33.6 Å². The lowest BCUT2D eigenvalue weighted by molar-refractivity contribution is 0.284. The Balaban J connectivity index is 2.33. The molecule has 0 radical (unpaired) electrons. The molecule has 0 saturated carbocycles. The fraction of sp³-hybridized carbons (Fsp3) is 0.909. The van der Waals surface area contributed by atoms with Crippen molar-refractivity contribution in [1.29, 1.82) is 5.26 Å². The van der Waals surface area contributed by atoms with Crippen LogP contribution >= 0.6 is 0 Å². The molecule has 0 aromatic heterocycles. The highest BCUT2D eigenvalue weighted by molar-refractivity contribution is 4.91. The zero-order valence-electron chi connectivity index (χ0n) is 8.95. The zero-order valence-corrected chi connectivity index (χ0v) is 8.95. The number of nitrogens with zero attached hydrogens (tertiary/aromatic N) is 2. The summed E-state index contributed by atoms with van der Waals surface area (Å²) in [6.45, 7) is 8.80. The van der Waals surface area contributed by atoms with Gasteiger partial charge < -0.3 is 0 Å². The summed E-state index contributed by atoms with van der Waals surface area (Å²) in [5, 5.41) is 8.77. The van der Waals surface area contributed by atoms with Crippen molar-refractivity contribution < 1.29 is 0 Å². The van der Waals surface area contributed by atoms with Crippen molar-refractivity contribution in [3.63, 3.8) is 0 Å². The summed E-state index contributed by atoms with van der Waals surface area (Å²) < 4.78 is 0. The van der Waals surface area contributed by atoms with E-state index in [4.69, 9.17) is 5.26 Å². The zero-order chi connectivity index (χ0) is 9.84. The number of hydrogen-bond donors (Lipinski definition) is 0. The molecule has 0 aliphatic carbocycles. The van der Waals surface area contributed by atoms with Gasteiger partial charge in [0.2, 0.25) is 0 Å². The Morgan fingerprint density at radius 1 is 1.46 bits per heavy atom. The van der Waals surface area contributed by atoms with E-state index in [0.717, 1.165) is 24.9 Å².